The van der Waals surface area contributed by atoms with E-state index in [2.05, 4.69) is 21.6 Å². The Balaban J connectivity index is 1.65. The zero-order chi connectivity index (χ0) is 17.0. The Morgan fingerprint density at radius 3 is 2.92 bits per heavy atom. The van der Waals surface area contributed by atoms with Crippen LogP contribution >= 0.6 is 23.1 Å². The van der Waals surface area contributed by atoms with Crippen molar-refractivity contribution in [3.63, 3.8) is 0 Å². The summed E-state index contributed by atoms with van der Waals surface area (Å²) in [5, 5.41) is 23.5. The van der Waals surface area contributed by atoms with Gasteiger partial charge in [0.15, 0.2) is 11.0 Å². The minimum absolute atomic E-state index is 0.119. The van der Waals surface area contributed by atoms with Crippen molar-refractivity contribution >= 4 is 29.0 Å². The summed E-state index contributed by atoms with van der Waals surface area (Å²) < 4.78 is 2.01. The highest BCUT2D eigenvalue weighted by atomic mass is 32.2. The highest BCUT2D eigenvalue weighted by Gasteiger charge is 2.35. The van der Waals surface area contributed by atoms with Crippen molar-refractivity contribution in [3.8, 4) is 16.8 Å². The van der Waals surface area contributed by atoms with Crippen LogP contribution in [0.4, 0.5) is 0 Å². The van der Waals surface area contributed by atoms with Crippen molar-refractivity contribution in [2.45, 2.75) is 49.8 Å². The first-order valence-corrected chi connectivity index (χ1v) is 9.86. The maximum absolute atomic E-state index is 12.2. The van der Waals surface area contributed by atoms with Crippen LogP contribution in [0.15, 0.2) is 22.7 Å². The van der Waals surface area contributed by atoms with Crippen molar-refractivity contribution < 1.29 is 4.79 Å². The van der Waals surface area contributed by atoms with Crippen molar-refractivity contribution in [2.75, 3.05) is 5.75 Å². The number of hydrogen-bond donors (Lipinski definition) is 1. The van der Waals surface area contributed by atoms with Gasteiger partial charge in [0, 0.05) is 6.54 Å². The molecule has 8 heteroatoms. The van der Waals surface area contributed by atoms with Crippen LogP contribution < -0.4 is 5.32 Å². The highest BCUT2D eigenvalue weighted by Crippen LogP contribution is 2.30. The van der Waals surface area contributed by atoms with E-state index in [-0.39, 0.29) is 11.7 Å². The Labute approximate surface area is 149 Å². The van der Waals surface area contributed by atoms with Gasteiger partial charge in [-0.1, -0.05) is 17.8 Å². The predicted octanol–water partition coefficient (Wildman–Crippen LogP) is 3.07. The third-order valence-corrected chi connectivity index (χ3v) is 5.99. The number of aromatic nitrogens is 3. The Kier molecular flexibility index (Phi) is 5.21. The van der Waals surface area contributed by atoms with E-state index in [1.165, 1.54) is 11.8 Å². The monoisotopic (exact) mass is 361 g/mol. The number of nitrogens with one attached hydrogen (secondary N) is 1. The molecular formula is C16H19N5OS2. The second kappa shape index (κ2) is 7.36. The normalized spacial score (nSPS) is 16.0. The number of hydrogen-bond acceptors (Lipinski definition) is 6. The number of nitrogens with zero attached hydrogens (tertiary/aromatic N) is 4. The smallest absolute Gasteiger partial charge is 0.231 e. The van der Waals surface area contributed by atoms with E-state index in [0.717, 1.165) is 48.1 Å². The third kappa shape index (κ3) is 3.47. The van der Waals surface area contributed by atoms with Gasteiger partial charge >= 0.3 is 0 Å². The number of carbonyl (C=O) groups excluding carboxylic acids is 1. The van der Waals surface area contributed by atoms with Gasteiger partial charge in [-0.25, -0.2) is 0 Å². The summed E-state index contributed by atoms with van der Waals surface area (Å²) in [6, 6.07) is 6.28. The fraction of sp³-hybridized carbons (Fsp3) is 0.500. The summed E-state index contributed by atoms with van der Waals surface area (Å²) in [7, 11) is 0. The molecule has 0 radical (unpaired) electrons. The van der Waals surface area contributed by atoms with Crippen molar-refractivity contribution in [2.24, 2.45) is 0 Å². The third-order valence-electron chi connectivity index (χ3n) is 4.16. The van der Waals surface area contributed by atoms with Crippen LogP contribution in [-0.4, -0.2) is 32.0 Å². The Bertz CT molecular complexity index is 741. The molecule has 0 unspecified atom stereocenters. The lowest BCUT2D eigenvalue weighted by molar-refractivity contribution is -0.119. The van der Waals surface area contributed by atoms with E-state index >= 15 is 0 Å². The number of carbonyl (C=O) groups is 1. The van der Waals surface area contributed by atoms with Gasteiger partial charge in [0.2, 0.25) is 5.91 Å². The summed E-state index contributed by atoms with van der Waals surface area (Å²) >= 11 is 2.98. The summed E-state index contributed by atoms with van der Waals surface area (Å²) in [5.41, 5.74) is -0.668. The van der Waals surface area contributed by atoms with Gasteiger partial charge < -0.3 is 9.88 Å². The number of rotatable bonds is 6. The molecule has 1 aliphatic rings. The molecule has 0 bridgehead atoms. The fourth-order valence-electron chi connectivity index (χ4n) is 2.94. The van der Waals surface area contributed by atoms with Crippen molar-refractivity contribution in [1.29, 1.82) is 5.26 Å². The molecule has 3 rings (SSSR count). The molecule has 126 valence electrons. The molecule has 0 saturated heterocycles. The largest absolute Gasteiger partial charge is 0.337 e. The van der Waals surface area contributed by atoms with Crippen LogP contribution in [0.5, 0.6) is 0 Å². The van der Waals surface area contributed by atoms with Crippen LogP contribution in [0.1, 0.15) is 32.6 Å². The number of thioether (sulfide) groups is 1. The lowest BCUT2D eigenvalue weighted by Gasteiger charge is -2.21. The molecular weight excluding hydrogens is 342 g/mol. The zero-order valence-corrected chi connectivity index (χ0v) is 15.1. The van der Waals surface area contributed by atoms with Gasteiger partial charge in [-0.05, 0) is 44.1 Å². The minimum atomic E-state index is -0.668. The van der Waals surface area contributed by atoms with Gasteiger partial charge in [-0.3, -0.25) is 4.79 Å². The number of nitriles is 1. The summed E-state index contributed by atoms with van der Waals surface area (Å²) in [6.45, 7) is 2.78. The second-order valence-electron chi connectivity index (χ2n) is 5.77. The first-order valence-electron chi connectivity index (χ1n) is 7.99. The summed E-state index contributed by atoms with van der Waals surface area (Å²) in [4.78, 5) is 13.3. The lowest BCUT2D eigenvalue weighted by Crippen LogP contribution is -2.45. The van der Waals surface area contributed by atoms with Gasteiger partial charge in [0.25, 0.3) is 0 Å². The molecule has 1 saturated carbocycles. The zero-order valence-electron chi connectivity index (χ0n) is 13.5. The number of amides is 1. The minimum Gasteiger partial charge on any atom is -0.337 e. The average Bonchev–Trinajstić information content (AvgIpc) is 3.32. The molecule has 2 aromatic heterocycles. The second-order valence-corrected chi connectivity index (χ2v) is 7.66. The Morgan fingerprint density at radius 2 is 2.29 bits per heavy atom. The standard InChI is InChI=1S/C16H19N5OS2/c1-2-21-14(12-6-5-9-23-12)19-20-15(21)24-10-13(22)18-16(11-17)7-3-4-8-16/h5-6,9H,2-4,7-8,10H2,1H3,(H,18,22). The quantitative estimate of drug-likeness (QED) is 0.800. The SMILES string of the molecule is CCn1c(SCC(=O)NC2(C#N)CCCC2)nnc1-c1cccs1. The summed E-state index contributed by atoms with van der Waals surface area (Å²) in [5.74, 6) is 0.956. The van der Waals surface area contributed by atoms with Gasteiger partial charge in [-0.2, -0.15) is 5.26 Å². The first kappa shape index (κ1) is 17.0. The fourth-order valence-corrected chi connectivity index (χ4v) is 4.46. The molecule has 1 aliphatic carbocycles. The lowest BCUT2D eigenvalue weighted by atomic mass is 10.0. The Hall–Kier alpha value is -1.85. The van der Waals surface area contributed by atoms with Crippen molar-refractivity contribution in [3.05, 3.63) is 17.5 Å². The maximum atomic E-state index is 12.2. The van der Waals surface area contributed by atoms with Gasteiger partial charge in [0.05, 0.1) is 16.7 Å². The van der Waals surface area contributed by atoms with E-state index in [1.807, 2.05) is 29.0 Å². The molecule has 1 fully saturated rings. The molecule has 2 aromatic rings. The van der Waals surface area contributed by atoms with E-state index in [4.69, 9.17) is 0 Å². The molecule has 24 heavy (non-hydrogen) atoms. The topological polar surface area (TPSA) is 83.6 Å². The summed E-state index contributed by atoms with van der Waals surface area (Å²) in [6.07, 6.45) is 3.48. The van der Waals surface area contributed by atoms with Gasteiger partial charge in [0.1, 0.15) is 5.54 Å². The van der Waals surface area contributed by atoms with Crippen LogP contribution in [-0.2, 0) is 11.3 Å². The maximum Gasteiger partial charge on any atom is 0.231 e. The van der Waals surface area contributed by atoms with E-state index in [0.29, 0.717) is 0 Å². The van der Waals surface area contributed by atoms with Crippen LogP contribution in [0.2, 0.25) is 0 Å². The first-order chi connectivity index (χ1) is 11.7. The molecule has 0 spiro atoms. The highest BCUT2D eigenvalue weighted by molar-refractivity contribution is 7.99. The van der Waals surface area contributed by atoms with Gasteiger partial charge in [-0.15, -0.1) is 21.5 Å². The molecule has 0 atom stereocenters. The Morgan fingerprint density at radius 1 is 1.50 bits per heavy atom. The molecule has 0 aromatic carbocycles. The van der Waals surface area contributed by atoms with Crippen LogP contribution in [0.25, 0.3) is 10.7 Å². The molecule has 1 amide bonds. The van der Waals surface area contributed by atoms with Crippen LogP contribution in [0.3, 0.4) is 0 Å². The van der Waals surface area contributed by atoms with E-state index in [1.54, 1.807) is 11.3 Å². The molecule has 6 nitrogen and oxygen atoms in total. The van der Waals surface area contributed by atoms with Crippen molar-refractivity contribution in [1.82, 2.24) is 20.1 Å². The molecule has 1 N–H and O–H groups in total. The number of thiophene rings is 1. The van der Waals surface area contributed by atoms with E-state index < -0.39 is 5.54 Å². The van der Waals surface area contributed by atoms with Crippen LogP contribution in [0, 0.1) is 11.3 Å². The molecule has 0 aliphatic heterocycles. The average molecular weight is 361 g/mol. The van der Waals surface area contributed by atoms with E-state index in [9.17, 15) is 10.1 Å². The predicted molar refractivity (Wildman–Crippen MR) is 94.7 cm³/mol. The molecule has 2 heterocycles.